The highest BCUT2D eigenvalue weighted by Gasteiger charge is 2.09. The number of hydrogen-bond acceptors (Lipinski definition) is 2. The van der Waals surface area contributed by atoms with E-state index in [9.17, 15) is 14.0 Å². The molecule has 0 aliphatic rings. The maximum absolute atomic E-state index is 13.3. The topological polar surface area (TPSA) is 54.4 Å². The van der Waals surface area contributed by atoms with Gasteiger partial charge >= 0.3 is 5.97 Å². The van der Waals surface area contributed by atoms with E-state index >= 15 is 0 Å². The molecule has 0 aromatic heterocycles. The van der Waals surface area contributed by atoms with Gasteiger partial charge in [0, 0.05) is 18.4 Å². The van der Waals surface area contributed by atoms with Gasteiger partial charge in [0.1, 0.15) is 5.82 Å². The first-order valence-corrected chi connectivity index (χ1v) is 5.08. The third-order valence-electron chi connectivity index (χ3n) is 2.30. The van der Waals surface area contributed by atoms with E-state index in [4.69, 9.17) is 5.11 Å². The van der Waals surface area contributed by atoms with Crippen molar-refractivity contribution >= 4 is 11.8 Å². The Balaban J connectivity index is 2.90. The molecule has 0 saturated heterocycles. The minimum atomic E-state index is -0.980. The number of ketones is 1. The molecule has 4 heteroatoms. The fraction of sp³-hybridized carbons (Fsp3) is 0.333. The molecule has 1 aromatic carbocycles. The van der Waals surface area contributed by atoms with Gasteiger partial charge in [0.15, 0.2) is 5.78 Å². The van der Waals surface area contributed by atoms with Crippen LogP contribution in [0.1, 0.15) is 35.7 Å². The smallest absolute Gasteiger partial charge is 0.303 e. The number of benzene rings is 1. The van der Waals surface area contributed by atoms with Crippen molar-refractivity contribution < 1.29 is 19.1 Å². The quantitative estimate of drug-likeness (QED) is 0.781. The zero-order chi connectivity index (χ0) is 12.1. The number of rotatable bonds is 5. The number of carboxylic acids is 1. The summed E-state index contributed by atoms with van der Waals surface area (Å²) in [5.41, 5.74) is 0.714. The Morgan fingerprint density at radius 3 is 2.62 bits per heavy atom. The lowest BCUT2D eigenvalue weighted by molar-refractivity contribution is -0.136. The van der Waals surface area contributed by atoms with Gasteiger partial charge in [0.2, 0.25) is 0 Å². The normalized spacial score (nSPS) is 10.1. The summed E-state index contributed by atoms with van der Waals surface area (Å²) in [4.78, 5) is 21.7. The molecule has 3 nitrogen and oxygen atoms in total. The van der Waals surface area contributed by atoms with Gasteiger partial charge in [0.05, 0.1) is 0 Å². The van der Waals surface area contributed by atoms with Crippen LogP contribution in [-0.4, -0.2) is 16.9 Å². The van der Waals surface area contributed by atoms with Crippen molar-refractivity contribution in [2.75, 3.05) is 0 Å². The van der Waals surface area contributed by atoms with Crippen molar-refractivity contribution in [3.63, 3.8) is 0 Å². The van der Waals surface area contributed by atoms with Crippen LogP contribution < -0.4 is 0 Å². The predicted octanol–water partition coefficient (Wildman–Crippen LogP) is 2.44. The number of aryl methyl sites for hydroxylation is 1. The standard InChI is InChI=1S/C12H13FO3/c1-2-11(14)9-3-5-10(13)8(7-9)4-6-12(15)16/h3,5,7H,2,4,6H2,1H3,(H,15,16). The second-order valence-electron chi connectivity index (χ2n) is 3.48. The van der Waals surface area contributed by atoms with Crippen LogP contribution in [0, 0.1) is 5.82 Å². The molecule has 1 rings (SSSR count). The summed E-state index contributed by atoms with van der Waals surface area (Å²) in [6, 6.07) is 4.07. The van der Waals surface area contributed by atoms with Crippen LogP contribution in [0.5, 0.6) is 0 Å². The van der Waals surface area contributed by atoms with E-state index < -0.39 is 11.8 Å². The van der Waals surface area contributed by atoms with Gasteiger partial charge < -0.3 is 5.11 Å². The van der Waals surface area contributed by atoms with Gasteiger partial charge in [-0.3, -0.25) is 9.59 Å². The molecule has 0 saturated carbocycles. The third kappa shape index (κ3) is 3.15. The average molecular weight is 224 g/mol. The van der Waals surface area contributed by atoms with Gasteiger partial charge in [-0.15, -0.1) is 0 Å². The maximum atomic E-state index is 13.3. The van der Waals surface area contributed by atoms with Crippen molar-refractivity contribution in [2.45, 2.75) is 26.2 Å². The first-order chi connectivity index (χ1) is 7.54. The monoisotopic (exact) mass is 224 g/mol. The Morgan fingerprint density at radius 2 is 2.06 bits per heavy atom. The number of carbonyl (C=O) groups is 2. The number of halogens is 1. The highest BCUT2D eigenvalue weighted by molar-refractivity contribution is 5.96. The first kappa shape index (κ1) is 12.4. The Hall–Kier alpha value is -1.71. The zero-order valence-electron chi connectivity index (χ0n) is 9.00. The van der Waals surface area contributed by atoms with Gasteiger partial charge in [0.25, 0.3) is 0 Å². The van der Waals surface area contributed by atoms with Crippen LogP contribution in [0.25, 0.3) is 0 Å². The molecular weight excluding hydrogens is 211 g/mol. The number of hydrogen-bond donors (Lipinski definition) is 1. The third-order valence-corrected chi connectivity index (χ3v) is 2.30. The molecule has 0 bridgehead atoms. The number of carbonyl (C=O) groups excluding carboxylic acids is 1. The average Bonchev–Trinajstić information content (AvgIpc) is 2.26. The second-order valence-corrected chi connectivity index (χ2v) is 3.48. The van der Waals surface area contributed by atoms with Gasteiger partial charge in [-0.1, -0.05) is 6.92 Å². The SMILES string of the molecule is CCC(=O)c1ccc(F)c(CCC(=O)O)c1. The van der Waals surface area contributed by atoms with Gasteiger partial charge in [-0.2, -0.15) is 0 Å². The number of Topliss-reactive ketones (excluding diaryl/α,β-unsaturated/α-hetero) is 1. The van der Waals surface area contributed by atoms with Crippen LogP contribution in [0.15, 0.2) is 18.2 Å². The Bertz CT molecular complexity index is 413. The molecule has 0 fully saturated rings. The summed E-state index contributed by atoms with van der Waals surface area (Å²) >= 11 is 0. The molecule has 16 heavy (non-hydrogen) atoms. The summed E-state index contributed by atoms with van der Waals surface area (Å²) in [7, 11) is 0. The Morgan fingerprint density at radius 1 is 1.38 bits per heavy atom. The summed E-state index contributed by atoms with van der Waals surface area (Å²) in [5, 5.41) is 8.50. The zero-order valence-corrected chi connectivity index (χ0v) is 9.00. The van der Waals surface area contributed by atoms with E-state index in [0.717, 1.165) is 0 Å². The molecule has 0 radical (unpaired) electrons. The highest BCUT2D eigenvalue weighted by atomic mass is 19.1. The van der Waals surface area contributed by atoms with Crippen molar-refractivity contribution in [1.82, 2.24) is 0 Å². The van der Waals surface area contributed by atoms with E-state index in [0.29, 0.717) is 12.0 Å². The fourth-order valence-electron chi connectivity index (χ4n) is 1.39. The lowest BCUT2D eigenvalue weighted by atomic mass is 10.0. The second kappa shape index (κ2) is 5.39. The van der Waals surface area contributed by atoms with Crippen molar-refractivity contribution in [1.29, 1.82) is 0 Å². The minimum absolute atomic E-state index is 0.0726. The summed E-state index contributed by atoms with van der Waals surface area (Å²) in [5.74, 6) is -1.52. The van der Waals surface area contributed by atoms with Crippen molar-refractivity contribution in [3.8, 4) is 0 Å². The van der Waals surface area contributed by atoms with E-state index in [1.807, 2.05) is 0 Å². The molecule has 0 amide bonds. The molecule has 1 aromatic rings. The summed E-state index contributed by atoms with van der Waals surface area (Å²) < 4.78 is 13.3. The molecule has 0 aliphatic carbocycles. The van der Waals surface area contributed by atoms with Crippen LogP contribution in [0.4, 0.5) is 4.39 Å². The first-order valence-electron chi connectivity index (χ1n) is 5.08. The van der Waals surface area contributed by atoms with Crippen LogP contribution in [0.3, 0.4) is 0 Å². The fourth-order valence-corrected chi connectivity index (χ4v) is 1.39. The van der Waals surface area contributed by atoms with E-state index in [2.05, 4.69) is 0 Å². The Labute approximate surface area is 92.9 Å². The molecule has 0 spiro atoms. The van der Waals surface area contributed by atoms with E-state index in [-0.39, 0.29) is 24.2 Å². The lowest BCUT2D eigenvalue weighted by Crippen LogP contribution is -2.03. The molecule has 86 valence electrons. The molecule has 0 heterocycles. The number of carboxylic acid groups (broad SMARTS) is 1. The summed E-state index contributed by atoms with van der Waals surface area (Å²) in [6.07, 6.45) is 0.316. The van der Waals surface area contributed by atoms with Crippen LogP contribution in [-0.2, 0) is 11.2 Å². The minimum Gasteiger partial charge on any atom is -0.481 e. The lowest BCUT2D eigenvalue weighted by Gasteiger charge is -2.04. The molecule has 0 unspecified atom stereocenters. The van der Waals surface area contributed by atoms with Crippen LogP contribution in [0.2, 0.25) is 0 Å². The Kier molecular flexibility index (Phi) is 4.17. The highest BCUT2D eigenvalue weighted by Crippen LogP contribution is 2.14. The summed E-state index contributed by atoms with van der Waals surface area (Å²) in [6.45, 7) is 1.72. The van der Waals surface area contributed by atoms with Crippen molar-refractivity contribution in [2.24, 2.45) is 0 Å². The van der Waals surface area contributed by atoms with Crippen LogP contribution >= 0.6 is 0 Å². The van der Waals surface area contributed by atoms with Gasteiger partial charge in [-0.25, -0.2) is 4.39 Å². The van der Waals surface area contributed by atoms with E-state index in [1.54, 1.807) is 6.92 Å². The largest absolute Gasteiger partial charge is 0.481 e. The number of aliphatic carboxylic acids is 1. The molecular formula is C12H13FO3. The van der Waals surface area contributed by atoms with E-state index in [1.165, 1.54) is 18.2 Å². The van der Waals surface area contributed by atoms with Gasteiger partial charge in [-0.05, 0) is 30.2 Å². The molecule has 0 atom stereocenters. The maximum Gasteiger partial charge on any atom is 0.303 e. The molecule has 1 N–H and O–H groups in total. The molecule has 0 aliphatic heterocycles. The predicted molar refractivity (Wildman–Crippen MR) is 57.0 cm³/mol. The van der Waals surface area contributed by atoms with Crippen molar-refractivity contribution in [3.05, 3.63) is 35.1 Å².